The van der Waals surface area contributed by atoms with Gasteiger partial charge in [-0.25, -0.2) is 0 Å². The normalized spacial score (nSPS) is 16.8. The Morgan fingerprint density at radius 2 is 1.44 bits per heavy atom. The molecule has 1 atom stereocenters. The standard InChI is InChI=1S/C23H18ClNO2/c24-20-10-6-16(7-11-20)14-19-15-22(26)25(23(19)27)21-12-8-18(9-13-21)17-4-2-1-3-5-17/h1-13,19H,14-15H2/t19-/m0/s1. The number of anilines is 1. The zero-order chi connectivity index (χ0) is 18.8. The Morgan fingerprint density at radius 3 is 2.11 bits per heavy atom. The summed E-state index contributed by atoms with van der Waals surface area (Å²) in [5.41, 5.74) is 3.79. The molecule has 2 amide bonds. The van der Waals surface area contributed by atoms with Gasteiger partial charge in [-0.3, -0.25) is 14.5 Å². The summed E-state index contributed by atoms with van der Waals surface area (Å²) in [7, 11) is 0. The van der Waals surface area contributed by atoms with Crippen LogP contribution in [-0.4, -0.2) is 11.8 Å². The average Bonchev–Trinajstić information content (AvgIpc) is 2.98. The fraction of sp³-hybridized carbons (Fsp3) is 0.130. The van der Waals surface area contributed by atoms with Crippen LogP contribution < -0.4 is 4.90 Å². The molecule has 0 bridgehead atoms. The second kappa shape index (κ2) is 7.37. The lowest BCUT2D eigenvalue weighted by Gasteiger charge is -2.16. The zero-order valence-corrected chi connectivity index (χ0v) is 15.4. The number of carbonyl (C=O) groups excluding carboxylic acids is 2. The highest BCUT2D eigenvalue weighted by molar-refractivity contribution is 6.30. The van der Waals surface area contributed by atoms with E-state index in [-0.39, 0.29) is 24.2 Å². The maximum atomic E-state index is 12.8. The minimum atomic E-state index is -0.326. The van der Waals surface area contributed by atoms with Crippen LogP contribution in [0.25, 0.3) is 11.1 Å². The quantitative estimate of drug-likeness (QED) is 0.593. The zero-order valence-electron chi connectivity index (χ0n) is 14.6. The number of nitrogens with zero attached hydrogens (tertiary/aromatic N) is 1. The largest absolute Gasteiger partial charge is 0.274 e. The lowest BCUT2D eigenvalue weighted by molar-refractivity contribution is -0.122. The molecule has 0 aromatic heterocycles. The van der Waals surface area contributed by atoms with E-state index in [2.05, 4.69) is 0 Å². The lowest BCUT2D eigenvalue weighted by Crippen LogP contribution is -2.30. The summed E-state index contributed by atoms with van der Waals surface area (Å²) in [6, 6.07) is 25.0. The summed E-state index contributed by atoms with van der Waals surface area (Å²) >= 11 is 5.91. The summed E-state index contributed by atoms with van der Waals surface area (Å²) in [6.45, 7) is 0. The Hall–Kier alpha value is -2.91. The van der Waals surface area contributed by atoms with Gasteiger partial charge in [0.05, 0.1) is 11.6 Å². The number of halogens is 1. The van der Waals surface area contributed by atoms with Crippen molar-refractivity contribution in [1.82, 2.24) is 0 Å². The van der Waals surface area contributed by atoms with Crippen LogP contribution in [0, 0.1) is 5.92 Å². The first-order valence-corrected chi connectivity index (χ1v) is 9.26. The lowest BCUT2D eigenvalue weighted by atomic mass is 9.98. The van der Waals surface area contributed by atoms with Crippen molar-refractivity contribution in [1.29, 1.82) is 0 Å². The molecule has 0 saturated carbocycles. The maximum absolute atomic E-state index is 12.8. The Labute approximate surface area is 163 Å². The molecule has 0 spiro atoms. The van der Waals surface area contributed by atoms with Crippen LogP contribution in [0.2, 0.25) is 5.02 Å². The van der Waals surface area contributed by atoms with Crippen molar-refractivity contribution in [3.8, 4) is 11.1 Å². The molecule has 1 saturated heterocycles. The number of hydrogen-bond acceptors (Lipinski definition) is 2. The first-order valence-electron chi connectivity index (χ1n) is 8.88. The van der Waals surface area contributed by atoms with Crippen molar-refractivity contribution >= 4 is 29.1 Å². The molecule has 4 heteroatoms. The third-order valence-electron chi connectivity index (χ3n) is 4.87. The van der Waals surface area contributed by atoms with Crippen molar-refractivity contribution in [2.75, 3.05) is 4.90 Å². The minimum absolute atomic E-state index is 0.137. The Bertz CT molecular complexity index is 966. The van der Waals surface area contributed by atoms with E-state index in [0.717, 1.165) is 16.7 Å². The Morgan fingerprint density at radius 1 is 0.815 bits per heavy atom. The number of benzene rings is 3. The number of hydrogen-bond donors (Lipinski definition) is 0. The summed E-state index contributed by atoms with van der Waals surface area (Å²) in [6.07, 6.45) is 0.780. The summed E-state index contributed by atoms with van der Waals surface area (Å²) in [5, 5.41) is 0.660. The number of rotatable bonds is 4. The number of imide groups is 1. The van der Waals surface area contributed by atoms with Gasteiger partial charge >= 0.3 is 0 Å². The molecule has 1 aliphatic rings. The molecule has 1 heterocycles. The third kappa shape index (κ3) is 3.64. The summed E-state index contributed by atoms with van der Waals surface area (Å²) in [5.74, 6) is -0.610. The van der Waals surface area contributed by atoms with Crippen LogP contribution in [0.3, 0.4) is 0 Å². The molecule has 1 aliphatic heterocycles. The smallest absolute Gasteiger partial charge is 0.237 e. The van der Waals surface area contributed by atoms with Crippen LogP contribution in [0.15, 0.2) is 78.9 Å². The second-order valence-electron chi connectivity index (χ2n) is 6.71. The SMILES string of the molecule is O=C1C[C@H](Cc2ccc(Cl)cc2)C(=O)N1c1ccc(-c2ccccc2)cc1. The molecule has 0 aliphatic carbocycles. The fourth-order valence-electron chi connectivity index (χ4n) is 3.46. The molecule has 1 fully saturated rings. The van der Waals surface area contributed by atoms with Crippen LogP contribution >= 0.6 is 11.6 Å². The predicted molar refractivity (Wildman–Crippen MR) is 108 cm³/mol. The molecule has 0 N–H and O–H groups in total. The molecule has 27 heavy (non-hydrogen) atoms. The number of carbonyl (C=O) groups is 2. The van der Waals surface area contributed by atoms with Gasteiger partial charge in [-0.2, -0.15) is 0 Å². The van der Waals surface area contributed by atoms with Gasteiger partial charge in [0.1, 0.15) is 0 Å². The van der Waals surface area contributed by atoms with E-state index < -0.39 is 0 Å². The fourth-order valence-corrected chi connectivity index (χ4v) is 3.59. The van der Waals surface area contributed by atoms with Gasteiger partial charge in [0.25, 0.3) is 0 Å². The van der Waals surface area contributed by atoms with Crippen molar-refractivity contribution in [2.45, 2.75) is 12.8 Å². The predicted octanol–water partition coefficient (Wildman–Crippen LogP) is 5.13. The highest BCUT2D eigenvalue weighted by Gasteiger charge is 2.39. The monoisotopic (exact) mass is 375 g/mol. The average molecular weight is 376 g/mol. The van der Waals surface area contributed by atoms with Gasteiger partial charge in [-0.05, 0) is 47.4 Å². The van der Waals surface area contributed by atoms with Crippen LogP contribution in [-0.2, 0) is 16.0 Å². The van der Waals surface area contributed by atoms with Gasteiger partial charge in [-0.1, -0.05) is 66.2 Å². The van der Waals surface area contributed by atoms with Gasteiger partial charge in [0.2, 0.25) is 11.8 Å². The highest BCUT2D eigenvalue weighted by Crippen LogP contribution is 2.30. The summed E-state index contributed by atoms with van der Waals surface area (Å²) < 4.78 is 0. The highest BCUT2D eigenvalue weighted by atomic mass is 35.5. The minimum Gasteiger partial charge on any atom is -0.274 e. The summed E-state index contributed by atoms with van der Waals surface area (Å²) in [4.78, 5) is 26.6. The van der Waals surface area contributed by atoms with Gasteiger partial charge in [0, 0.05) is 11.4 Å². The maximum Gasteiger partial charge on any atom is 0.237 e. The van der Waals surface area contributed by atoms with E-state index >= 15 is 0 Å². The van der Waals surface area contributed by atoms with E-state index in [9.17, 15) is 9.59 Å². The van der Waals surface area contributed by atoms with E-state index in [1.165, 1.54) is 4.90 Å². The van der Waals surface area contributed by atoms with Gasteiger partial charge in [0.15, 0.2) is 0 Å². The second-order valence-corrected chi connectivity index (χ2v) is 7.15. The van der Waals surface area contributed by atoms with Gasteiger partial charge in [-0.15, -0.1) is 0 Å². The number of amides is 2. The van der Waals surface area contributed by atoms with Crippen LogP contribution in [0.5, 0.6) is 0 Å². The van der Waals surface area contributed by atoms with Crippen molar-refractivity contribution < 1.29 is 9.59 Å². The molecule has 3 aromatic rings. The van der Waals surface area contributed by atoms with E-state index in [1.54, 1.807) is 12.1 Å². The molecule has 3 nitrogen and oxygen atoms in total. The Kier molecular flexibility index (Phi) is 4.78. The Balaban J connectivity index is 1.52. The first kappa shape index (κ1) is 17.5. The molecule has 4 rings (SSSR count). The molecule has 3 aromatic carbocycles. The van der Waals surface area contributed by atoms with Crippen molar-refractivity contribution in [3.63, 3.8) is 0 Å². The molecule has 0 radical (unpaired) electrons. The molecule has 0 unspecified atom stereocenters. The van der Waals surface area contributed by atoms with E-state index in [1.807, 2.05) is 66.7 Å². The van der Waals surface area contributed by atoms with E-state index in [0.29, 0.717) is 17.1 Å². The van der Waals surface area contributed by atoms with Crippen LogP contribution in [0.1, 0.15) is 12.0 Å². The van der Waals surface area contributed by atoms with Crippen LogP contribution in [0.4, 0.5) is 5.69 Å². The molecular weight excluding hydrogens is 358 g/mol. The molecule has 134 valence electrons. The van der Waals surface area contributed by atoms with Gasteiger partial charge < -0.3 is 0 Å². The molecular formula is C23H18ClNO2. The van der Waals surface area contributed by atoms with Crippen molar-refractivity contribution in [3.05, 3.63) is 89.4 Å². The topological polar surface area (TPSA) is 37.4 Å². The van der Waals surface area contributed by atoms with E-state index in [4.69, 9.17) is 11.6 Å². The third-order valence-corrected chi connectivity index (χ3v) is 5.12. The van der Waals surface area contributed by atoms with Crippen molar-refractivity contribution in [2.24, 2.45) is 5.92 Å². The first-order chi connectivity index (χ1) is 13.1.